The van der Waals surface area contributed by atoms with E-state index in [1.54, 1.807) is 12.1 Å². The van der Waals surface area contributed by atoms with E-state index >= 15 is 0 Å². The number of carbonyl (C=O) groups excluding carboxylic acids is 3. The van der Waals surface area contributed by atoms with Gasteiger partial charge in [-0.25, -0.2) is 0 Å². The summed E-state index contributed by atoms with van der Waals surface area (Å²) >= 11 is 7.10. The van der Waals surface area contributed by atoms with Crippen LogP contribution in [0, 0.1) is 5.92 Å². The zero-order valence-electron chi connectivity index (χ0n) is 21.6. The van der Waals surface area contributed by atoms with E-state index in [4.69, 9.17) is 21.1 Å². The van der Waals surface area contributed by atoms with Crippen LogP contribution < -0.4 is 20.3 Å². The number of halogens is 3. The number of anilines is 2. The van der Waals surface area contributed by atoms with Crippen LogP contribution in [0.1, 0.15) is 36.4 Å². The minimum absolute atomic E-state index is 0.0458. The van der Waals surface area contributed by atoms with E-state index in [9.17, 15) is 23.2 Å². The molecule has 9 nitrogen and oxygen atoms in total. The lowest BCUT2D eigenvalue weighted by atomic mass is 10.1. The molecule has 3 amide bonds. The molecule has 4 rings (SSSR count). The lowest BCUT2D eigenvalue weighted by Crippen LogP contribution is -2.52. The maximum atomic E-state index is 13.6. The number of benzene rings is 1. The highest BCUT2D eigenvalue weighted by Crippen LogP contribution is 2.34. The predicted octanol–water partition coefficient (Wildman–Crippen LogP) is 4.22. The molecule has 1 aliphatic carbocycles. The molecule has 1 atom stereocenters. The van der Waals surface area contributed by atoms with Gasteiger partial charge in [-0.15, -0.1) is 11.3 Å². The number of rotatable bonds is 12. The molecule has 2 heterocycles. The van der Waals surface area contributed by atoms with Crippen molar-refractivity contribution in [2.75, 3.05) is 43.1 Å². The van der Waals surface area contributed by atoms with E-state index in [0.717, 1.165) is 24.2 Å². The van der Waals surface area contributed by atoms with Gasteiger partial charge in [-0.05, 0) is 43.0 Å². The Balaban J connectivity index is 1.55. The van der Waals surface area contributed by atoms with Crippen molar-refractivity contribution in [2.45, 2.75) is 45.4 Å². The van der Waals surface area contributed by atoms with Gasteiger partial charge in [-0.1, -0.05) is 25.4 Å². The Kier molecular flexibility index (Phi) is 9.76. The molecule has 13 heteroatoms. The largest absolute Gasteiger partial charge is 0.433 e. The second-order valence-electron chi connectivity index (χ2n) is 9.80. The molecular formula is C26H31ClF2N4O5S. The minimum atomic E-state index is -3.13. The average molecular weight is 585 g/mol. The van der Waals surface area contributed by atoms with Crippen molar-refractivity contribution in [3.05, 3.63) is 39.5 Å². The molecule has 0 bridgehead atoms. The lowest BCUT2D eigenvalue weighted by Gasteiger charge is -2.32. The van der Waals surface area contributed by atoms with Crippen molar-refractivity contribution in [3.8, 4) is 5.75 Å². The monoisotopic (exact) mass is 584 g/mol. The Morgan fingerprint density at radius 3 is 2.64 bits per heavy atom. The molecule has 2 N–H and O–H groups in total. The molecular weight excluding hydrogens is 554 g/mol. The van der Waals surface area contributed by atoms with Gasteiger partial charge in [0.2, 0.25) is 5.91 Å². The first-order valence-corrected chi connectivity index (χ1v) is 13.9. The van der Waals surface area contributed by atoms with E-state index in [2.05, 4.69) is 29.4 Å². The van der Waals surface area contributed by atoms with Crippen LogP contribution in [-0.4, -0.2) is 74.2 Å². The number of nitrogens with one attached hydrogen (secondary N) is 2. The molecule has 39 heavy (non-hydrogen) atoms. The smallest absolute Gasteiger partial charge is 0.387 e. The number of alkyl halides is 2. The van der Waals surface area contributed by atoms with Crippen LogP contribution in [0.25, 0.3) is 0 Å². The summed E-state index contributed by atoms with van der Waals surface area (Å²) in [5.41, 5.74) is 0.390. The molecule has 2 aliphatic rings. The maximum absolute atomic E-state index is 13.6. The van der Waals surface area contributed by atoms with Gasteiger partial charge in [-0.3, -0.25) is 19.3 Å². The van der Waals surface area contributed by atoms with Gasteiger partial charge in [0.05, 0.1) is 21.5 Å². The van der Waals surface area contributed by atoms with Crippen LogP contribution in [0.2, 0.25) is 4.34 Å². The second-order valence-corrected chi connectivity index (χ2v) is 11.5. The lowest BCUT2D eigenvalue weighted by molar-refractivity contribution is -0.126. The zero-order valence-corrected chi connectivity index (χ0v) is 23.2. The molecule has 1 saturated heterocycles. The highest BCUT2D eigenvalue weighted by molar-refractivity contribution is 7.18. The Morgan fingerprint density at radius 2 is 2.03 bits per heavy atom. The molecule has 212 valence electrons. The number of thiophene rings is 1. The van der Waals surface area contributed by atoms with E-state index in [1.807, 2.05) is 0 Å². The second kappa shape index (κ2) is 13.0. The first-order chi connectivity index (χ1) is 18.6. The van der Waals surface area contributed by atoms with E-state index in [1.165, 1.54) is 23.1 Å². The highest BCUT2D eigenvalue weighted by Gasteiger charge is 2.38. The van der Waals surface area contributed by atoms with Crippen LogP contribution in [0.4, 0.5) is 20.2 Å². The summed E-state index contributed by atoms with van der Waals surface area (Å²) in [6, 6.07) is 7.02. The number of hydrogen-bond donors (Lipinski definition) is 2. The average Bonchev–Trinajstić information content (AvgIpc) is 3.63. The highest BCUT2D eigenvalue weighted by atomic mass is 35.5. The maximum Gasteiger partial charge on any atom is 0.387 e. The third-order valence-electron chi connectivity index (χ3n) is 6.27. The van der Waals surface area contributed by atoms with Gasteiger partial charge in [0.25, 0.3) is 11.8 Å². The Bertz CT molecular complexity index is 1190. The molecule has 2 fully saturated rings. The number of hydrogen-bond acceptors (Lipinski definition) is 7. The third kappa shape index (κ3) is 7.87. The Hall–Kier alpha value is -2.80. The van der Waals surface area contributed by atoms with Crippen molar-refractivity contribution >= 4 is 52.0 Å². The van der Waals surface area contributed by atoms with Gasteiger partial charge in [0, 0.05) is 37.4 Å². The van der Waals surface area contributed by atoms with E-state index in [0.29, 0.717) is 15.8 Å². The van der Waals surface area contributed by atoms with E-state index < -0.39 is 18.6 Å². The summed E-state index contributed by atoms with van der Waals surface area (Å²) in [7, 11) is 0. The summed E-state index contributed by atoms with van der Waals surface area (Å²) in [5, 5.41) is 5.64. The third-order valence-corrected chi connectivity index (χ3v) is 7.50. The molecule has 0 radical (unpaired) electrons. The fraction of sp³-hybridized carbons (Fsp3) is 0.500. The molecule has 1 aromatic carbocycles. The van der Waals surface area contributed by atoms with E-state index in [-0.39, 0.29) is 67.2 Å². The summed E-state index contributed by atoms with van der Waals surface area (Å²) in [4.78, 5) is 42.4. The van der Waals surface area contributed by atoms with Crippen LogP contribution in [-0.2, 0) is 14.3 Å². The quantitative estimate of drug-likeness (QED) is 0.387. The van der Waals surface area contributed by atoms with Gasteiger partial charge in [0.15, 0.2) is 5.75 Å². The minimum Gasteiger partial charge on any atom is -0.433 e. The number of morpholine rings is 1. The van der Waals surface area contributed by atoms with Crippen molar-refractivity contribution in [1.29, 1.82) is 0 Å². The zero-order chi connectivity index (χ0) is 28.1. The SMILES string of the molecule is CC(C)CN(C1CC1)[C@H](CNC(=O)c1ccc(Cl)s1)C(=O)Nc1ccc(N2CCOCC2=O)c(OC(F)F)c1. The molecule has 0 spiro atoms. The fourth-order valence-corrected chi connectivity index (χ4v) is 5.39. The van der Waals surface area contributed by atoms with Crippen molar-refractivity contribution in [1.82, 2.24) is 10.2 Å². The summed E-state index contributed by atoms with van der Waals surface area (Å²) in [6.07, 6.45) is 1.89. The van der Waals surface area contributed by atoms with Crippen LogP contribution in [0.3, 0.4) is 0 Å². The molecule has 0 unspecified atom stereocenters. The van der Waals surface area contributed by atoms with Gasteiger partial charge in [-0.2, -0.15) is 8.78 Å². The normalized spacial score (nSPS) is 16.6. The Morgan fingerprint density at radius 1 is 1.26 bits per heavy atom. The van der Waals surface area contributed by atoms with Gasteiger partial charge >= 0.3 is 6.61 Å². The summed E-state index contributed by atoms with van der Waals surface area (Å²) in [6.45, 7) is 1.95. The molecule has 1 aliphatic heterocycles. The predicted molar refractivity (Wildman–Crippen MR) is 145 cm³/mol. The van der Waals surface area contributed by atoms with Crippen LogP contribution in [0.5, 0.6) is 5.75 Å². The summed E-state index contributed by atoms with van der Waals surface area (Å²) in [5.74, 6) is -1.08. The van der Waals surface area contributed by atoms with Gasteiger partial charge < -0.3 is 25.0 Å². The van der Waals surface area contributed by atoms with Crippen LogP contribution >= 0.6 is 22.9 Å². The summed E-state index contributed by atoms with van der Waals surface area (Å²) < 4.78 is 36.8. The van der Waals surface area contributed by atoms with Crippen molar-refractivity contribution < 1.29 is 32.6 Å². The number of ether oxygens (including phenoxy) is 2. The molecule has 1 aromatic heterocycles. The van der Waals surface area contributed by atoms with Gasteiger partial charge in [0.1, 0.15) is 12.6 Å². The molecule has 1 saturated carbocycles. The molecule has 2 aromatic rings. The van der Waals surface area contributed by atoms with Crippen molar-refractivity contribution in [2.24, 2.45) is 5.92 Å². The van der Waals surface area contributed by atoms with Crippen LogP contribution in [0.15, 0.2) is 30.3 Å². The van der Waals surface area contributed by atoms with Crippen molar-refractivity contribution in [3.63, 3.8) is 0 Å². The Labute approximate surface area is 234 Å². The first kappa shape index (κ1) is 29.2. The number of nitrogens with zero attached hydrogens (tertiary/aromatic N) is 2. The first-order valence-electron chi connectivity index (χ1n) is 12.7. The topological polar surface area (TPSA) is 100 Å². The fourth-order valence-electron chi connectivity index (χ4n) is 4.44. The standard InChI is InChI=1S/C26H31ClF2N4O5S/c1-15(2)13-33(17-4-5-17)19(12-30-25(36)21-7-8-22(27)39-21)24(35)31-16-3-6-18(20(11-16)38-26(28)29)32-9-10-37-14-23(32)34/h3,6-8,11,15,17,19,26H,4-5,9-10,12-14H2,1-2H3,(H,30,36)(H,31,35)/t19-/m1/s1. The number of amides is 3. The number of carbonyl (C=O) groups is 3.